The molecule has 86 heavy (non-hydrogen) atoms. The second kappa shape index (κ2) is 21.2. The molecule has 12 aromatic carbocycles. The Hall–Kier alpha value is -10.7. The average Bonchev–Trinajstić information content (AvgIpc) is 1.60. The van der Waals surface area contributed by atoms with E-state index in [1.165, 1.54) is 99.4 Å². The fourth-order valence-electron chi connectivity index (χ4n) is 13.2. The molecular formula is C82H60N4. The summed E-state index contributed by atoms with van der Waals surface area (Å²) in [5.74, 6) is 1.52. The summed E-state index contributed by atoms with van der Waals surface area (Å²) in [5, 5.41) is 5.05. The summed E-state index contributed by atoms with van der Waals surface area (Å²) in [6, 6.07) is 104. The van der Waals surface area contributed by atoms with Crippen LogP contribution in [0.1, 0.15) is 49.9 Å². The number of nitrogens with zero attached hydrogens (tertiary/aromatic N) is 4. The SMILES string of the molecule is CC1(C)c2cc(-c3ccc(-c4ccc5ccccc5c4)cc3)ccc2-c2nc(-c3ccccc3)nc(-c3ccccc3)c21.CC1(C)c2ccc(-c3ccc(-c4ccc5ccccc5c4)cc3)cc2-c2nc(-c3ccccc3)nc(-c3ccccc3)c21. The first-order valence-corrected chi connectivity index (χ1v) is 29.7. The highest BCUT2D eigenvalue weighted by atomic mass is 14.9. The van der Waals surface area contributed by atoms with Crippen LogP contribution in [-0.4, -0.2) is 19.9 Å². The minimum Gasteiger partial charge on any atom is -0.228 e. The first kappa shape index (κ1) is 52.1. The molecule has 2 aliphatic carbocycles. The van der Waals surface area contributed by atoms with Crippen molar-refractivity contribution in [3.63, 3.8) is 0 Å². The summed E-state index contributed by atoms with van der Waals surface area (Å²) in [4.78, 5) is 20.8. The molecule has 14 aromatic rings. The van der Waals surface area contributed by atoms with Crippen LogP contribution in [0.4, 0.5) is 0 Å². The summed E-state index contributed by atoms with van der Waals surface area (Å²) in [6.45, 7) is 9.21. The summed E-state index contributed by atoms with van der Waals surface area (Å²) < 4.78 is 0. The smallest absolute Gasteiger partial charge is 0.160 e. The maximum Gasteiger partial charge on any atom is 0.160 e. The lowest BCUT2D eigenvalue weighted by atomic mass is 9.80. The van der Waals surface area contributed by atoms with Gasteiger partial charge in [-0.2, -0.15) is 0 Å². The van der Waals surface area contributed by atoms with Crippen LogP contribution in [0.2, 0.25) is 0 Å². The van der Waals surface area contributed by atoms with Crippen LogP contribution < -0.4 is 0 Å². The molecule has 4 nitrogen and oxygen atoms in total. The van der Waals surface area contributed by atoms with Crippen LogP contribution in [0.3, 0.4) is 0 Å². The van der Waals surface area contributed by atoms with Crippen molar-refractivity contribution in [2.75, 3.05) is 0 Å². The first-order valence-electron chi connectivity index (χ1n) is 29.7. The Bertz CT molecular complexity index is 4880. The van der Waals surface area contributed by atoms with Crippen LogP contribution in [0, 0.1) is 0 Å². The molecule has 0 amide bonds. The third kappa shape index (κ3) is 9.28. The molecule has 408 valence electrons. The van der Waals surface area contributed by atoms with Gasteiger partial charge in [0, 0.05) is 55.3 Å². The van der Waals surface area contributed by atoms with Gasteiger partial charge in [-0.15, -0.1) is 0 Å². The van der Waals surface area contributed by atoms with Gasteiger partial charge in [-0.05, 0) is 101 Å². The standard InChI is InChI=1S/2C41H30N2/c1-41(2)36-24-23-34(29-19-17-28(18-20-29)33-22-21-27-11-9-10-16-32(27)25-33)26-35(36)39-37(41)38(30-12-5-3-6-13-30)42-40(43-39)31-14-7-4-8-15-31;1-41(2)36-26-34(29-19-17-28(18-20-29)33-22-21-27-11-9-10-16-32(27)25-33)23-24-35(36)39-37(41)38(30-12-5-3-6-13-30)42-40(43-39)31-14-7-4-8-15-31/h2*3-26H,1-2H3. The molecule has 0 aliphatic heterocycles. The molecular weight excluding hydrogens is 1040 g/mol. The normalized spacial score (nSPS) is 13.1. The number of hydrogen-bond donors (Lipinski definition) is 0. The Kier molecular flexibility index (Phi) is 12.8. The zero-order valence-corrected chi connectivity index (χ0v) is 48.5. The topological polar surface area (TPSA) is 51.6 Å². The lowest BCUT2D eigenvalue weighted by Crippen LogP contribution is -2.17. The number of rotatable bonds is 8. The zero-order chi connectivity index (χ0) is 57.9. The van der Waals surface area contributed by atoms with Gasteiger partial charge in [0.15, 0.2) is 11.6 Å². The van der Waals surface area contributed by atoms with E-state index in [2.05, 4.69) is 282 Å². The number of aromatic nitrogens is 4. The van der Waals surface area contributed by atoms with E-state index in [-0.39, 0.29) is 10.8 Å². The van der Waals surface area contributed by atoms with Gasteiger partial charge in [0.05, 0.1) is 22.8 Å². The van der Waals surface area contributed by atoms with Crippen LogP contribution >= 0.6 is 0 Å². The highest BCUT2D eigenvalue weighted by molar-refractivity contribution is 5.92. The van der Waals surface area contributed by atoms with E-state index < -0.39 is 0 Å². The maximum atomic E-state index is 5.25. The summed E-state index contributed by atoms with van der Waals surface area (Å²) in [6.07, 6.45) is 0. The van der Waals surface area contributed by atoms with Gasteiger partial charge in [0.2, 0.25) is 0 Å². The predicted molar refractivity (Wildman–Crippen MR) is 358 cm³/mol. The van der Waals surface area contributed by atoms with Gasteiger partial charge in [-0.25, -0.2) is 19.9 Å². The number of fused-ring (bicyclic) bond motifs is 8. The van der Waals surface area contributed by atoms with Crippen LogP contribution in [0.25, 0.3) is 134 Å². The molecule has 0 saturated carbocycles. The minimum absolute atomic E-state index is 0.233. The summed E-state index contributed by atoms with van der Waals surface area (Å²) >= 11 is 0. The first-order chi connectivity index (χ1) is 42.1. The van der Waals surface area contributed by atoms with Crippen LogP contribution in [-0.2, 0) is 10.8 Å². The van der Waals surface area contributed by atoms with Crippen molar-refractivity contribution in [3.05, 3.63) is 313 Å². The molecule has 0 unspecified atom stereocenters. The second-order valence-corrected chi connectivity index (χ2v) is 23.8. The largest absolute Gasteiger partial charge is 0.228 e. The molecule has 0 N–H and O–H groups in total. The second-order valence-electron chi connectivity index (χ2n) is 23.8. The Balaban J connectivity index is 0.000000145. The van der Waals surface area contributed by atoms with Crippen LogP contribution in [0.5, 0.6) is 0 Å². The van der Waals surface area contributed by atoms with E-state index in [1.54, 1.807) is 0 Å². The molecule has 2 aromatic heterocycles. The molecule has 4 heteroatoms. The van der Waals surface area contributed by atoms with Gasteiger partial charge in [0.25, 0.3) is 0 Å². The van der Waals surface area contributed by atoms with E-state index in [1.807, 2.05) is 36.4 Å². The van der Waals surface area contributed by atoms with Crippen molar-refractivity contribution in [2.45, 2.75) is 38.5 Å². The lowest BCUT2D eigenvalue weighted by Gasteiger charge is -2.24. The van der Waals surface area contributed by atoms with Crippen molar-refractivity contribution in [3.8, 4) is 112 Å². The maximum absolute atomic E-state index is 5.25. The third-order valence-corrected chi connectivity index (χ3v) is 17.7. The van der Waals surface area contributed by atoms with E-state index in [9.17, 15) is 0 Å². The van der Waals surface area contributed by atoms with Crippen molar-refractivity contribution >= 4 is 21.5 Å². The Labute approximate surface area is 502 Å². The minimum atomic E-state index is -0.258. The summed E-state index contributed by atoms with van der Waals surface area (Å²) in [7, 11) is 0. The molecule has 2 heterocycles. The van der Waals surface area contributed by atoms with Crippen molar-refractivity contribution in [1.29, 1.82) is 0 Å². The zero-order valence-electron chi connectivity index (χ0n) is 48.5. The van der Waals surface area contributed by atoms with Gasteiger partial charge in [-0.1, -0.05) is 295 Å². The fourth-order valence-corrected chi connectivity index (χ4v) is 13.2. The highest BCUT2D eigenvalue weighted by Crippen LogP contribution is 2.54. The van der Waals surface area contributed by atoms with Crippen molar-refractivity contribution in [1.82, 2.24) is 19.9 Å². The Morgan fingerprint density at radius 1 is 0.209 bits per heavy atom. The Morgan fingerprint density at radius 3 is 0.965 bits per heavy atom. The lowest BCUT2D eigenvalue weighted by molar-refractivity contribution is 0.657. The Morgan fingerprint density at radius 2 is 0.523 bits per heavy atom. The molecule has 0 saturated heterocycles. The summed E-state index contributed by atoms with van der Waals surface area (Å²) in [5.41, 5.74) is 24.9. The van der Waals surface area contributed by atoms with Gasteiger partial charge in [-0.3, -0.25) is 0 Å². The average molecular weight is 1100 g/mol. The molecule has 0 spiro atoms. The molecule has 2 aliphatic rings. The molecule has 0 radical (unpaired) electrons. The van der Waals surface area contributed by atoms with Gasteiger partial charge < -0.3 is 0 Å². The number of hydrogen-bond acceptors (Lipinski definition) is 4. The third-order valence-electron chi connectivity index (χ3n) is 17.7. The highest BCUT2D eigenvalue weighted by Gasteiger charge is 2.42. The van der Waals surface area contributed by atoms with E-state index in [0.717, 1.165) is 56.7 Å². The quantitative estimate of drug-likeness (QED) is 0.152. The van der Waals surface area contributed by atoms with Crippen molar-refractivity contribution in [2.24, 2.45) is 0 Å². The fraction of sp³-hybridized carbons (Fsp3) is 0.0732. The van der Waals surface area contributed by atoms with E-state index >= 15 is 0 Å². The molecule has 0 fully saturated rings. The monoisotopic (exact) mass is 1100 g/mol. The van der Waals surface area contributed by atoms with Crippen molar-refractivity contribution < 1.29 is 0 Å². The number of benzene rings is 12. The van der Waals surface area contributed by atoms with Gasteiger partial charge >= 0.3 is 0 Å². The molecule has 16 rings (SSSR count). The predicted octanol–water partition coefficient (Wildman–Crippen LogP) is 21.2. The van der Waals surface area contributed by atoms with Gasteiger partial charge in [0.1, 0.15) is 0 Å². The van der Waals surface area contributed by atoms with E-state index in [0.29, 0.717) is 0 Å². The molecule has 0 bridgehead atoms. The van der Waals surface area contributed by atoms with E-state index in [4.69, 9.17) is 19.9 Å². The molecule has 0 atom stereocenters. The van der Waals surface area contributed by atoms with Crippen LogP contribution in [0.15, 0.2) is 291 Å².